The van der Waals surface area contributed by atoms with E-state index in [1.807, 2.05) is 48.5 Å². The number of rotatable bonds is 8. The van der Waals surface area contributed by atoms with Crippen molar-refractivity contribution in [3.63, 3.8) is 0 Å². The topological polar surface area (TPSA) is 77.1 Å². The minimum Gasteiger partial charge on any atom is -0.497 e. The number of anilines is 1. The summed E-state index contributed by atoms with van der Waals surface area (Å²) in [6, 6.07) is 15.0. The summed E-state index contributed by atoms with van der Waals surface area (Å²) in [6.07, 6.45) is 0.775. The molecule has 3 rings (SSSR count). The molecular formula is C22H26N2O5. The first-order chi connectivity index (χ1) is 14.1. The van der Waals surface area contributed by atoms with Crippen LogP contribution in [0.5, 0.6) is 11.5 Å². The molecule has 1 heterocycles. The SMILES string of the molecule is COc1ccc(CCC(=O)NCC2CN(c3cccc(OC)c3)C(=O)CO2)cc1. The van der Waals surface area contributed by atoms with Gasteiger partial charge in [0.1, 0.15) is 18.1 Å². The quantitative estimate of drug-likeness (QED) is 0.738. The number of carbonyl (C=O) groups excluding carboxylic acids is 2. The van der Waals surface area contributed by atoms with Gasteiger partial charge in [-0.05, 0) is 36.2 Å². The molecule has 1 atom stereocenters. The van der Waals surface area contributed by atoms with Crippen LogP contribution in [0.4, 0.5) is 5.69 Å². The molecule has 0 spiro atoms. The van der Waals surface area contributed by atoms with E-state index in [0.29, 0.717) is 31.7 Å². The van der Waals surface area contributed by atoms with Crippen molar-refractivity contribution in [2.75, 3.05) is 38.8 Å². The van der Waals surface area contributed by atoms with Gasteiger partial charge < -0.3 is 24.4 Å². The van der Waals surface area contributed by atoms with Crippen LogP contribution in [0, 0.1) is 0 Å². The van der Waals surface area contributed by atoms with E-state index in [9.17, 15) is 9.59 Å². The maximum atomic E-state index is 12.2. The largest absolute Gasteiger partial charge is 0.497 e. The normalized spacial score (nSPS) is 16.4. The Balaban J connectivity index is 1.48. The summed E-state index contributed by atoms with van der Waals surface area (Å²) in [7, 11) is 3.21. The van der Waals surface area contributed by atoms with Gasteiger partial charge in [0.2, 0.25) is 5.91 Å². The lowest BCUT2D eigenvalue weighted by Crippen LogP contribution is -2.50. The molecule has 154 valence electrons. The fourth-order valence-electron chi connectivity index (χ4n) is 3.14. The van der Waals surface area contributed by atoms with E-state index in [2.05, 4.69) is 5.32 Å². The minimum atomic E-state index is -0.260. The van der Waals surface area contributed by atoms with Gasteiger partial charge in [0, 0.05) is 24.7 Å². The van der Waals surface area contributed by atoms with Crippen LogP contribution in [0.15, 0.2) is 48.5 Å². The lowest BCUT2D eigenvalue weighted by molar-refractivity contribution is -0.129. The summed E-state index contributed by atoms with van der Waals surface area (Å²) in [5.41, 5.74) is 1.83. The Bertz CT molecular complexity index is 837. The van der Waals surface area contributed by atoms with Crippen LogP contribution < -0.4 is 19.7 Å². The number of nitrogens with zero attached hydrogens (tertiary/aromatic N) is 1. The van der Waals surface area contributed by atoms with Gasteiger partial charge in [-0.2, -0.15) is 0 Å². The van der Waals surface area contributed by atoms with Crippen LogP contribution >= 0.6 is 0 Å². The maximum Gasteiger partial charge on any atom is 0.253 e. The van der Waals surface area contributed by atoms with Gasteiger partial charge in [-0.1, -0.05) is 18.2 Å². The van der Waals surface area contributed by atoms with Gasteiger partial charge in [0.05, 0.1) is 26.9 Å². The maximum absolute atomic E-state index is 12.2. The van der Waals surface area contributed by atoms with Crippen molar-refractivity contribution in [2.45, 2.75) is 18.9 Å². The predicted octanol–water partition coefficient (Wildman–Crippen LogP) is 2.18. The Morgan fingerprint density at radius 2 is 1.90 bits per heavy atom. The standard InChI is InChI=1S/C22H26N2O5/c1-27-18-9-6-16(7-10-18)8-11-21(25)23-13-20-14-24(22(26)15-29-20)17-4-3-5-19(12-17)28-2/h3-7,9-10,12,20H,8,11,13-15H2,1-2H3,(H,23,25). The number of hydrogen-bond acceptors (Lipinski definition) is 5. The van der Waals surface area contributed by atoms with Crippen molar-refractivity contribution in [2.24, 2.45) is 0 Å². The van der Waals surface area contributed by atoms with Crippen LogP contribution in [0.1, 0.15) is 12.0 Å². The molecule has 1 aliphatic rings. The molecule has 0 radical (unpaired) electrons. The summed E-state index contributed by atoms with van der Waals surface area (Å²) in [4.78, 5) is 26.1. The number of ether oxygens (including phenoxy) is 3. The zero-order valence-electron chi connectivity index (χ0n) is 16.7. The van der Waals surface area contributed by atoms with Crippen molar-refractivity contribution in [3.05, 3.63) is 54.1 Å². The van der Waals surface area contributed by atoms with E-state index in [1.165, 1.54) is 0 Å². The molecule has 2 aromatic rings. The van der Waals surface area contributed by atoms with Crippen LogP contribution in [0.3, 0.4) is 0 Å². The second-order valence-corrected chi connectivity index (χ2v) is 6.79. The first-order valence-electron chi connectivity index (χ1n) is 9.54. The molecule has 2 amide bonds. The molecule has 1 fully saturated rings. The van der Waals surface area contributed by atoms with Crippen molar-refractivity contribution >= 4 is 17.5 Å². The molecule has 1 unspecified atom stereocenters. The number of hydrogen-bond donors (Lipinski definition) is 1. The Hall–Kier alpha value is -3.06. The third-order valence-corrected chi connectivity index (χ3v) is 4.82. The highest BCUT2D eigenvalue weighted by atomic mass is 16.5. The van der Waals surface area contributed by atoms with E-state index >= 15 is 0 Å². The van der Waals surface area contributed by atoms with Crippen molar-refractivity contribution in [3.8, 4) is 11.5 Å². The first kappa shape index (κ1) is 20.7. The van der Waals surface area contributed by atoms with Crippen LogP contribution in [-0.4, -0.2) is 51.8 Å². The van der Waals surface area contributed by atoms with E-state index < -0.39 is 0 Å². The fraction of sp³-hybridized carbons (Fsp3) is 0.364. The highest BCUT2D eigenvalue weighted by Crippen LogP contribution is 2.23. The van der Waals surface area contributed by atoms with Gasteiger partial charge in [0.25, 0.3) is 5.91 Å². The monoisotopic (exact) mass is 398 g/mol. The minimum absolute atomic E-state index is 0.0103. The van der Waals surface area contributed by atoms with E-state index in [4.69, 9.17) is 14.2 Å². The molecule has 7 heteroatoms. The average Bonchev–Trinajstić information content (AvgIpc) is 2.77. The third kappa shape index (κ3) is 5.71. The Labute approximate surface area is 170 Å². The van der Waals surface area contributed by atoms with Crippen molar-refractivity contribution in [1.29, 1.82) is 0 Å². The zero-order valence-corrected chi connectivity index (χ0v) is 16.7. The van der Waals surface area contributed by atoms with Crippen LogP contribution in [0.2, 0.25) is 0 Å². The molecule has 0 bridgehead atoms. The molecule has 2 aromatic carbocycles. The predicted molar refractivity (Wildman–Crippen MR) is 109 cm³/mol. The summed E-state index contributed by atoms with van der Waals surface area (Å²) in [5, 5.41) is 2.90. The molecule has 1 aliphatic heterocycles. The number of morpholine rings is 1. The van der Waals surface area contributed by atoms with Crippen LogP contribution in [-0.2, 0) is 20.7 Å². The lowest BCUT2D eigenvalue weighted by Gasteiger charge is -2.33. The van der Waals surface area contributed by atoms with Gasteiger partial charge in [-0.15, -0.1) is 0 Å². The van der Waals surface area contributed by atoms with E-state index in [0.717, 1.165) is 17.0 Å². The first-order valence-corrected chi connectivity index (χ1v) is 9.54. The number of aryl methyl sites for hydroxylation is 1. The fourth-order valence-corrected chi connectivity index (χ4v) is 3.14. The lowest BCUT2D eigenvalue weighted by atomic mass is 10.1. The van der Waals surface area contributed by atoms with Crippen molar-refractivity contribution < 1.29 is 23.8 Å². The Kier molecular flexibility index (Phi) is 7.08. The van der Waals surface area contributed by atoms with Gasteiger partial charge in [-0.3, -0.25) is 9.59 Å². The molecule has 0 aliphatic carbocycles. The Morgan fingerprint density at radius 1 is 1.14 bits per heavy atom. The van der Waals surface area contributed by atoms with Gasteiger partial charge in [-0.25, -0.2) is 0 Å². The summed E-state index contributed by atoms with van der Waals surface area (Å²) in [6.45, 7) is 0.726. The summed E-state index contributed by atoms with van der Waals surface area (Å²) in [5.74, 6) is 1.32. The van der Waals surface area contributed by atoms with E-state index in [1.54, 1.807) is 19.1 Å². The summed E-state index contributed by atoms with van der Waals surface area (Å²) < 4.78 is 15.9. The van der Waals surface area contributed by atoms with Crippen molar-refractivity contribution in [1.82, 2.24) is 5.32 Å². The molecule has 0 saturated carbocycles. The smallest absolute Gasteiger partial charge is 0.253 e. The molecule has 1 saturated heterocycles. The molecule has 1 N–H and O–H groups in total. The third-order valence-electron chi connectivity index (χ3n) is 4.82. The zero-order chi connectivity index (χ0) is 20.6. The number of benzene rings is 2. The molecular weight excluding hydrogens is 372 g/mol. The number of nitrogens with one attached hydrogen (secondary N) is 1. The molecule has 7 nitrogen and oxygen atoms in total. The molecule has 29 heavy (non-hydrogen) atoms. The molecule has 0 aromatic heterocycles. The Morgan fingerprint density at radius 3 is 2.62 bits per heavy atom. The van der Waals surface area contributed by atoms with Crippen LogP contribution in [0.25, 0.3) is 0 Å². The second kappa shape index (κ2) is 9.93. The summed E-state index contributed by atoms with van der Waals surface area (Å²) >= 11 is 0. The number of methoxy groups -OCH3 is 2. The van der Waals surface area contributed by atoms with E-state index in [-0.39, 0.29) is 24.5 Å². The number of amides is 2. The van der Waals surface area contributed by atoms with Gasteiger partial charge >= 0.3 is 0 Å². The highest BCUT2D eigenvalue weighted by molar-refractivity contribution is 5.95. The van der Waals surface area contributed by atoms with Gasteiger partial charge in [0.15, 0.2) is 0 Å². The second-order valence-electron chi connectivity index (χ2n) is 6.79. The highest BCUT2D eigenvalue weighted by Gasteiger charge is 2.27. The number of carbonyl (C=O) groups is 2. The average molecular weight is 398 g/mol.